The first-order valence-corrected chi connectivity index (χ1v) is 8.45. The summed E-state index contributed by atoms with van der Waals surface area (Å²) in [5.74, 6) is -0.117. The maximum Gasteiger partial charge on any atom is 0.319 e. The van der Waals surface area contributed by atoms with Gasteiger partial charge in [-0.05, 0) is 45.9 Å². The second-order valence-electron chi connectivity index (χ2n) is 7.08. The quantitative estimate of drug-likeness (QED) is 0.766. The molecule has 1 aromatic rings. The smallest absolute Gasteiger partial charge is 0.319 e. The molecule has 0 radical (unpaired) electrons. The van der Waals surface area contributed by atoms with Gasteiger partial charge in [-0.2, -0.15) is 0 Å². The van der Waals surface area contributed by atoms with Gasteiger partial charge in [0.15, 0.2) is 0 Å². The predicted molar refractivity (Wildman–Crippen MR) is 96.7 cm³/mol. The van der Waals surface area contributed by atoms with Crippen LogP contribution in [0.2, 0.25) is 5.02 Å². The van der Waals surface area contributed by atoms with Crippen LogP contribution in [0.25, 0.3) is 0 Å². The molecule has 1 aromatic carbocycles. The average molecular weight is 353 g/mol. The Morgan fingerprint density at radius 1 is 1.33 bits per heavy atom. The summed E-state index contributed by atoms with van der Waals surface area (Å²) in [6.45, 7) is 9.85. The lowest BCUT2D eigenvalue weighted by molar-refractivity contribution is 0.0656. The first kappa shape index (κ1) is 18.5. The van der Waals surface area contributed by atoms with Crippen molar-refractivity contribution in [2.24, 2.45) is 0 Å². The second-order valence-corrected chi connectivity index (χ2v) is 7.48. The molecule has 1 aliphatic rings. The van der Waals surface area contributed by atoms with Gasteiger partial charge in [-0.15, -0.1) is 0 Å². The zero-order chi connectivity index (χ0) is 17.9. The molecule has 6 nitrogen and oxygen atoms in total. The van der Waals surface area contributed by atoms with Crippen molar-refractivity contribution >= 4 is 29.2 Å². The highest BCUT2D eigenvalue weighted by molar-refractivity contribution is 6.34. The second kappa shape index (κ2) is 7.40. The number of hydrogen-bond acceptors (Lipinski definition) is 3. The number of benzene rings is 1. The summed E-state index contributed by atoms with van der Waals surface area (Å²) in [6, 6.07) is 4.72. The molecule has 0 aromatic heterocycles. The van der Waals surface area contributed by atoms with E-state index in [0.717, 1.165) is 13.1 Å². The Balaban J connectivity index is 2.16. The molecule has 1 atom stereocenters. The maximum atomic E-state index is 12.8. The standard InChI is InChI=1S/C17H25ClN4O2/c1-11-10-19-7-8-22(11)15(23)13-9-12(5-6-14(13)18)20-16(24)21-17(2,3)4/h5-6,9,11,19H,7-8,10H2,1-4H3,(H2,20,21,24). The van der Waals surface area contributed by atoms with Crippen LogP contribution in [-0.4, -0.2) is 48.1 Å². The average Bonchev–Trinajstić information content (AvgIpc) is 2.47. The van der Waals surface area contributed by atoms with Gasteiger partial charge in [-0.3, -0.25) is 4.79 Å². The van der Waals surface area contributed by atoms with Gasteiger partial charge in [0, 0.05) is 36.9 Å². The molecule has 1 aliphatic heterocycles. The van der Waals surface area contributed by atoms with Crippen molar-refractivity contribution in [1.29, 1.82) is 0 Å². The van der Waals surface area contributed by atoms with Gasteiger partial charge >= 0.3 is 6.03 Å². The third-order valence-electron chi connectivity index (χ3n) is 3.71. The number of nitrogens with zero attached hydrogens (tertiary/aromatic N) is 1. The summed E-state index contributed by atoms with van der Waals surface area (Å²) >= 11 is 6.21. The van der Waals surface area contributed by atoms with Gasteiger partial charge in [0.1, 0.15) is 0 Å². The van der Waals surface area contributed by atoms with E-state index >= 15 is 0 Å². The SMILES string of the molecule is CC1CNCCN1C(=O)c1cc(NC(=O)NC(C)(C)C)ccc1Cl. The fourth-order valence-electron chi connectivity index (χ4n) is 2.57. The molecule has 3 amide bonds. The number of anilines is 1. The number of urea groups is 1. The molecule has 1 heterocycles. The number of carbonyl (C=O) groups is 2. The number of nitrogens with one attached hydrogen (secondary N) is 3. The number of hydrogen-bond donors (Lipinski definition) is 3. The van der Waals surface area contributed by atoms with E-state index in [2.05, 4.69) is 16.0 Å². The van der Waals surface area contributed by atoms with Gasteiger partial charge in [0.2, 0.25) is 0 Å². The molecule has 0 aliphatic carbocycles. The number of amides is 3. The summed E-state index contributed by atoms with van der Waals surface area (Å²) in [5, 5.41) is 9.19. The van der Waals surface area contributed by atoms with Crippen molar-refractivity contribution in [1.82, 2.24) is 15.5 Å². The summed E-state index contributed by atoms with van der Waals surface area (Å²) < 4.78 is 0. The van der Waals surface area contributed by atoms with Gasteiger partial charge in [0.25, 0.3) is 5.91 Å². The summed E-state index contributed by atoms with van der Waals surface area (Å²) in [5.41, 5.74) is 0.594. The van der Waals surface area contributed by atoms with Crippen LogP contribution < -0.4 is 16.0 Å². The fourth-order valence-corrected chi connectivity index (χ4v) is 2.77. The summed E-state index contributed by atoms with van der Waals surface area (Å²) in [7, 11) is 0. The van der Waals surface area contributed by atoms with Crippen LogP contribution in [0.3, 0.4) is 0 Å². The molecule has 7 heteroatoms. The highest BCUT2D eigenvalue weighted by Gasteiger charge is 2.26. The number of rotatable bonds is 2. The molecule has 0 bridgehead atoms. The molecule has 132 valence electrons. The van der Waals surface area contributed by atoms with Crippen LogP contribution in [0.1, 0.15) is 38.1 Å². The number of halogens is 1. The molecule has 3 N–H and O–H groups in total. The van der Waals surface area contributed by atoms with Crippen LogP contribution in [0.4, 0.5) is 10.5 Å². The zero-order valence-electron chi connectivity index (χ0n) is 14.6. The van der Waals surface area contributed by atoms with Crippen molar-refractivity contribution in [2.75, 3.05) is 25.0 Å². The first-order valence-electron chi connectivity index (χ1n) is 8.08. The van der Waals surface area contributed by atoms with E-state index in [0.29, 0.717) is 22.8 Å². The largest absolute Gasteiger partial charge is 0.333 e. The van der Waals surface area contributed by atoms with E-state index in [1.807, 2.05) is 27.7 Å². The van der Waals surface area contributed by atoms with E-state index in [-0.39, 0.29) is 23.5 Å². The van der Waals surface area contributed by atoms with Gasteiger partial charge < -0.3 is 20.9 Å². The molecular weight excluding hydrogens is 328 g/mol. The van der Waals surface area contributed by atoms with Crippen LogP contribution in [0.15, 0.2) is 18.2 Å². The number of carbonyl (C=O) groups excluding carboxylic acids is 2. The van der Waals surface area contributed by atoms with E-state index in [1.54, 1.807) is 23.1 Å². The van der Waals surface area contributed by atoms with Crippen molar-refractivity contribution in [3.63, 3.8) is 0 Å². The Hall–Kier alpha value is -1.79. The molecule has 24 heavy (non-hydrogen) atoms. The normalized spacial score (nSPS) is 18.2. The fraction of sp³-hybridized carbons (Fsp3) is 0.529. The van der Waals surface area contributed by atoms with Crippen molar-refractivity contribution in [3.05, 3.63) is 28.8 Å². The Bertz CT molecular complexity index is 628. The van der Waals surface area contributed by atoms with E-state index in [9.17, 15) is 9.59 Å². The van der Waals surface area contributed by atoms with Gasteiger partial charge in [-0.1, -0.05) is 11.6 Å². The molecule has 1 saturated heterocycles. The Morgan fingerprint density at radius 3 is 2.67 bits per heavy atom. The third-order valence-corrected chi connectivity index (χ3v) is 4.03. The zero-order valence-corrected chi connectivity index (χ0v) is 15.3. The summed E-state index contributed by atoms with van der Waals surface area (Å²) in [6.07, 6.45) is 0. The highest BCUT2D eigenvalue weighted by Crippen LogP contribution is 2.23. The molecular formula is C17H25ClN4O2. The van der Waals surface area contributed by atoms with Gasteiger partial charge in [0.05, 0.1) is 10.6 Å². The minimum absolute atomic E-state index is 0.100. The van der Waals surface area contributed by atoms with Crippen LogP contribution in [0, 0.1) is 0 Å². The minimum atomic E-state index is -0.342. The Kier molecular flexibility index (Phi) is 5.72. The highest BCUT2D eigenvalue weighted by atomic mass is 35.5. The predicted octanol–water partition coefficient (Wildman–Crippen LogP) is 2.69. The van der Waals surface area contributed by atoms with Crippen LogP contribution in [-0.2, 0) is 0 Å². The number of piperazine rings is 1. The Labute approximate surface area is 147 Å². The van der Waals surface area contributed by atoms with E-state index in [1.165, 1.54) is 0 Å². The molecule has 0 saturated carbocycles. The lowest BCUT2D eigenvalue weighted by Gasteiger charge is -2.34. The topological polar surface area (TPSA) is 73.5 Å². The van der Waals surface area contributed by atoms with Crippen molar-refractivity contribution in [2.45, 2.75) is 39.3 Å². The van der Waals surface area contributed by atoms with E-state index in [4.69, 9.17) is 11.6 Å². The van der Waals surface area contributed by atoms with E-state index < -0.39 is 0 Å². The lowest BCUT2D eigenvalue weighted by atomic mass is 10.1. The molecule has 1 unspecified atom stereocenters. The third kappa shape index (κ3) is 4.85. The molecule has 0 spiro atoms. The Morgan fingerprint density at radius 2 is 2.04 bits per heavy atom. The van der Waals surface area contributed by atoms with Crippen molar-refractivity contribution in [3.8, 4) is 0 Å². The molecule has 1 fully saturated rings. The minimum Gasteiger partial charge on any atom is -0.333 e. The lowest BCUT2D eigenvalue weighted by Crippen LogP contribution is -2.52. The van der Waals surface area contributed by atoms with Gasteiger partial charge in [-0.25, -0.2) is 4.79 Å². The van der Waals surface area contributed by atoms with Crippen molar-refractivity contribution < 1.29 is 9.59 Å². The first-order chi connectivity index (χ1) is 11.2. The maximum absolute atomic E-state index is 12.8. The monoisotopic (exact) mass is 352 g/mol. The van der Waals surface area contributed by atoms with Crippen LogP contribution >= 0.6 is 11.6 Å². The molecule has 2 rings (SSSR count). The summed E-state index contributed by atoms with van der Waals surface area (Å²) in [4.78, 5) is 26.6. The van der Waals surface area contributed by atoms with Crippen LogP contribution in [0.5, 0.6) is 0 Å².